The lowest BCUT2D eigenvalue weighted by molar-refractivity contribution is 0.415. The largest absolute Gasteiger partial charge is 0.495 e. The van der Waals surface area contributed by atoms with Gasteiger partial charge in [0.2, 0.25) is 0 Å². The van der Waals surface area contributed by atoms with Gasteiger partial charge in [-0.05, 0) is 36.4 Å². The Labute approximate surface area is 120 Å². The van der Waals surface area contributed by atoms with Gasteiger partial charge < -0.3 is 20.2 Å². The van der Waals surface area contributed by atoms with E-state index in [0.717, 1.165) is 5.69 Å². The second-order valence-electron chi connectivity index (χ2n) is 4.22. The molecular weight excluding hydrogens is 278 g/mol. The monoisotopic (exact) mass is 289 g/mol. The van der Waals surface area contributed by atoms with Gasteiger partial charge >= 0.3 is 0 Å². The maximum absolute atomic E-state index is 6.06. The van der Waals surface area contributed by atoms with Gasteiger partial charge in [-0.2, -0.15) is 4.98 Å². The number of methoxy groups -OCH3 is 1. The van der Waals surface area contributed by atoms with Crippen LogP contribution in [0.1, 0.15) is 0 Å². The predicted octanol–water partition coefficient (Wildman–Crippen LogP) is 3.82. The minimum Gasteiger partial charge on any atom is -0.495 e. The Hall–Kier alpha value is -2.40. The number of rotatable bonds is 3. The number of nitrogens with two attached hydrogens (primary N) is 1. The van der Waals surface area contributed by atoms with E-state index < -0.39 is 0 Å². The summed E-state index contributed by atoms with van der Waals surface area (Å²) in [5.74, 6) is 0.613. The van der Waals surface area contributed by atoms with Crippen molar-refractivity contribution < 1.29 is 9.15 Å². The zero-order valence-electron chi connectivity index (χ0n) is 10.7. The van der Waals surface area contributed by atoms with Crippen molar-refractivity contribution in [2.24, 2.45) is 0 Å². The van der Waals surface area contributed by atoms with Crippen LogP contribution in [0.3, 0.4) is 0 Å². The molecule has 0 amide bonds. The molecule has 0 aliphatic heterocycles. The standard InChI is InChI=1S/C14H12ClN3O2/c1-19-12-5-3-9(7-10(12)15)17-14-18-11-6-8(16)2-4-13(11)20-14/h2-7H,16H2,1H3,(H,17,18). The Morgan fingerprint density at radius 3 is 2.85 bits per heavy atom. The number of benzene rings is 2. The molecule has 0 spiro atoms. The minimum atomic E-state index is 0.381. The zero-order chi connectivity index (χ0) is 14.1. The number of fused-ring (bicyclic) bond motifs is 1. The van der Waals surface area contributed by atoms with Gasteiger partial charge in [-0.3, -0.25) is 0 Å². The maximum Gasteiger partial charge on any atom is 0.300 e. The van der Waals surface area contributed by atoms with Crippen molar-refractivity contribution in [3.05, 3.63) is 41.4 Å². The van der Waals surface area contributed by atoms with Crippen LogP contribution < -0.4 is 15.8 Å². The Bertz CT molecular complexity index is 770. The lowest BCUT2D eigenvalue weighted by atomic mass is 10.3. The number of halogens is 1. The summed E-state index contributed by atoms with van der Waals surface area (Å²) in [5.41, 5.74) is 8.48. The molecule has 3 rings (SSSR count). The zero-order valence-corrected chi connectivity index (χ0v) is 11.4. The topological polar surface area (TPSA) is 73.3 Å². The highest BCUT2D eigenvalue weighted by atomic mass is 35.5. The van der Waals surface area contributed by atoms with Crippen molar-refractivity contribution >= 4 is 40.1 Å². The number of anilines is 3. The SMILES string of the molecule is COc1ccc(Nc2nc3cc(N)ccc3o2)cc1Cl. The normalized spacial score (nSPS) is 10.7. The molecule has 1 aromatic heterocycles. The van der Waals surface area contributed by atoms with Crippen molar-refractivity contribution in [1.82, 2.24) is 4.98 Å². The molecule has 1 heterocycles. The highest BCUT2D eigenvalue weighted by Crippen LogP contribution is 2.29. The van der Waals surface area contributed by atoms with Crippen molar-refractivity contribution in [3.8, 4) is 5.75 Å². The summed E-state index contributed by atoms with van der Waals surface area (Å²) in [6.45, 7) is 0. The highest BCUT2D eigenvalue weighted by molar-refractivity contribution is 6.32. The summed E-state index contributed by atoms with van der Waals surface area (Å²) < 4.78 is 10.7. The number of nitrogens with one attached hydrogen (secondary N) is 1. The van der Waals surface area contributed by atoms with Crippen molar-refractivity contribution in [2.75, 3.05) is 18.2 Å². The van der Waals surface area contributed by atoms with Gasteiger partial charge in [0.25, 0.3) is 6.01 Å². The summed E-state index contributed by atoms with van der Waals surface area (Å²) in [4.78, 5) is 4.31. The molecule has 3 aromatic rings. The number of hydrogen-bond acceptors (Lipinski definition) is 5. The van der Waals surface area contributed by atoms with Crippen molar-refractivity contribution in [2.45, 2.75) is 0 Å². The molecule has 0 aliphatic rings. The first-order valence-corrected chi connectivity index (χ1v) is 6.30. The van der Waals surface area contributed by atoms with Gasteiger partial charge in [-0.25, -0.2) is 0 Å². The van der Waals surface area contributed by atoms with E-state index in [9.17, 15) is 0 Å². The molecule has 2 aromatic carbocycles. The third-order valence-electron chi connectivity index (χ3n) is 2.81. The molecule has 20 heavy (non-hydrogen) atoms. The quantitative estimate of drug-likeness (QED) is 0.717. The molecule has 0 saturated carbocycles. The Morgan fingerprint density at radius 2 is 2.10 bits per heavy atom. The second kappa shape index (κ2) is 4.94. The van der Waals surface area contributed by atoms with Crippen LogP contribution in [-0.2, 0) is 0 Å². The van der Waals surface area contributed by atoms with Crippen LogP contribution in [-0.4, -0.2) is 12.1 Å². The first kappa shape index (κ1) is 12.6. The molecule has 3 N–H and O–H groups in total. The van der Waals surface area contributed by atoms with Crippen LogP contribution in [0.2, 0.25) is 5.02 Å². The van der Waals surface area contributed by atoms with Crippen LogP contribution in [0, 0.1) is 0 Å². The number of ether oxygens (including phenoxy) is 1. The molecule has 5 nitrogen and oxygen atoms in total. The lowest BCUT2D eigenvalue weighted by Crippen LogP contribution is -1.91. The molecule has 0 bridgehead atoms. The third-order valence-corrected chi connectivity index (χ3v) is 3.11. The fourth-order valence-electron chi connectivity index (χ4n) is 1.87. The van der Waals surface area contributed by atoms with E-state index in [1.807, 2.05) is 6.07 Å². The molecule has 0 aliphatic carbocycles. The summed E-state index contributed by atoms with van der Waals surface area (Å²) in [6.07, 6.45) is 0. The average Bonchev–Trinajstić information content (AvgIpc) is 2.80. The fraction of sp³-hybridized carbons (Fsp3) is 0.0714. The predicted molar refractivity (Wildman–Crippen MR) is 79.7 cm³/mol. The molecule has 0 radical (unpaired) electrons. The van der Waals surface area contributed by atoms with Crippen LogP contribution in [0.25, 0.3) is 11.1 Å². The van der Waals surface area contributed by atoms with E-state index in [1.54, 1.807) is 37.4 Å². The first-order chi connectivity index (χ1) is 9.65. The Balaban J connectivity index is 1.90. The Kier molecular flexibility index (Phi) is 3.12. The van der Waals surface area contributed by atoms with Gasteiger partial charge in [0, 0.05) is 11.4 Å². The van der Waals surface area contributed by atoms with E-state index in [0.29, 0.717) is 33.6 Å². The maximum atomic E-state index is 6.06. The van der Waals surface area contributed by atoms with E-state index >= 15 is 0 Å². The molecular formula is C14H12ClN3O2. The first-order valence-electron chi connectivity index (χ1n) is 5.92. The molecule has 0 atom stereocenters. The Morgan fingerprint density at radius 1 is 1.25 bits per heavy atom. The molecule has 102 valence electrons. The molecule has 0 saturated heterocycles. The molecule has 0 fully saturated rings. The summed E-state index contributed by atoms with van der Waals surface area (Å²) in [7, 11) is 1.57. The highest BCUT2D eigenvalue weighted by Gasteiger charge is 2.07. The number of hydrogen-bond donors (Lipinski definition) is 2. The summed E-state index contributed by atoms with van der Waals surface area (Å²) in [6, 6.07) is 11.0. The van der Waals surface area contributed by atoms with E-state index in [-0.39, 0.29) is 0 Å². The average molecular weight is 290 g/mol. The molecule has 6 heteroatoms. The fourth-order valence-corrected chi connectivity index (χ4v) is 2.12. The number of nitrogens with zero attached hydrogens (tertiary/aromatic N) is 1. The summed E-state index contributed by atoms with van der Waals surface area (Å²) >= 11 is 6.06. The number of nitrogen functional groups attached to an aromatic ring is 1. The van der Waals surface area contributed by atoms with Crippen molar-refractivity contribution in [1.29, 1.82) is 0 Å². The summed E-state index contributed by atoms with van der Waals surface area (Å²) in [5, 5.41) is 3.56. The number of oxazole rings is 1. The van der Waals surface area contributed by atoms with Crippen LogP contribution in [0.4, 0.5) is 17.4 Å². The van der Waals surface area contributed by atoms with Gasteiger partial charge in [0.15, 0.2) is 5.58 Å². The molecule has 0 unspecified atom stereocenters. The van der Waals surface area contributed by atoms with E-state index in [4.69, 9.17) is 26.5 Å². The van der Waals surface area contributed by atoms with Crippen LogP contribution in [0.15, 0.2) is 40.8 Å². The smallest absolute Gasteiger partial charge is 0.300 e. The van der Waals surface area contributed by atoms with Gasteiger partial charge in [0.1, 0.15) is 11.3 Å². The van der Waals surface area contributed by atoms with Crippen LogP contribution in [0.5, 0.6) is 5.75 Å². The van der Waals surface area contributed by atoms with E-state index in [1.165, 1.54) is 0 Å². The van der Waals surface area contributed by atoms with Crippen LogP contribution >= 0.6 is 11.6 Å². The van der Waals surface area contributed by atoms with Gasteiger partial charge in [-0.1, -0.05) is 11.6 Å². The second-order valence-corrected chi connectivity index (χ2v) is 4.63. The minimum absolute atomic E-state index is 0.381. The van der Waals surface area contributed by atoms with E-state index in [2.05, 4.69) is 10.3 Å². The van der Waals surface area contributed by atoms with Gasteiger partial charge in [0.05, 0.1) is 12.1 Å². The third kappa shape index (κ3) is 2.35. The van der Waals surface area contributed by atoms with Gasteiger partial charge in [-0.15, -0.1) is 0 Å². The lowest BCUT2D eigenvalue weighted by Gasteiger charge is -2.05. The van der Waals surface area contributed by atoms with Crippen molar-refractivity contribution in [3.63, 3.8) is 0 Å². The number of aromatic nitrogens is 1.